The molecular weight excluding hydrogens is 226 g/mol. The molecule has 0 radical (unpaired) electrons. The van der Waals surface area contributed by atoms with Crippen molar-refractivity contribution in [1.29, 1.82) is 0 Å². The minimum absolute atomic E-state index is 0.0992. The quantitative estimate of drug-likeness (QED) is 0.635. The van der Waals surface area contributed by atoms with Crippen molar-refractivity contribution in [2.75, 3.05) is 16.9 Å². The Kier molecular flexibility index (Phi) is 4.51. The van der Waals surface area contributed by atoms with Crippen LogP contribution in [0.25, 0.3) is 0 Å². The zero-order valence-electron chi connectivity index (χ0n) is 12.3. The van der Waals surface area contributed by atoms with Crippen LogP contribution in [0.5, 0.6) is 0 Å². The molecule has 0 saturated heterocycles. The largest absolute Gasteiger partial charge is 0.354 e. The first kappa shape index (κ1) is 14.7. The molecule has 0 unspecified atom stereocenters. The number of hydrazine groups is 1. The summed E-state index contributed by atoms with van der Waals surface area (Å²) in [4.78, 5) is 11.3. The van der Waals surface area contributed by atoms with Gasteiger partial charge in [-0.15, -0.1) is 0 Å². The van der Waals surface area contributed by atoms with Crippen molar-refractivity contribution < 1.29 is 0 Å². The van der Waals surface area contributed by atoms with Gasteiger partial charge in [0, 0.05) is 24.1 Å². The fourth-order valence-corrected chi connectivity index (χ4v) is 1.78. The molecule has 102 valence electrons. The lowest BCUT2D eigenvalue weighted by molar-refractivity contribution is 0.543. The van der Waals surface area contributed by atoms with Gasteiger partial charge in [0.15, 0.2) is 0 Å². The lowest BCUT2D eigenvalue weighted by Gasteiger charge is -2.28. The Hall–Kier alpha value is -1.36. The summed E-state index contributed by atoms with van der Waals surface area (Å²) < 4.78 is 0. The number of hydrogen-bond donors (Lipinski definition) is 2. The van der Waals surface area contributed by atoms with E-state index in [1.165, 1.54) is 0 Å². The van der Waals surface area contributed by atoms with Crippen LogP contribution in [0.4, 0.5) is 11.6 Å². The molecular formula is C13H25N5. The Morgan fingerprint density at radius 2 is 1.94 bits per heavy atom. The van der Waals surface area contributed by atoms with Crippen LogP contribution in [-0.2, 0) is 5.41 Å². The van der Waals surface area contributed by atoms with Crippen LogP contribution in [0.1, 0.15) is 47.4 Å². The third-order valence-electron chi connectivity index (χ3n) is 2.79. The molecule has 5 heteroatoms. The Labute approximate surface area is 110 Å². The average molecular weight is 251 g/mol. The Balaban J connectivity index is 3.27. The highest BCUT2D eigenvalue weighted by atomic mass is 15.3. The van der Waals surface area contributed by atoms with E-state index in [4.69, 9.17) is 5.84 Å². The van der Waals surface area contributed by atoms with Crippen LogP contribution >= 0.6 is 0 Å². The molecule has 5 nitrogen and oxygen atoms in total. The fraction of sp³-hybridized carbons (Fsp3) is 0.692. The number of nitrogens with zero attached hydrogens (tertiary/aromatic N) is 3. The van der Waals surface area contributed by atoms with Crippen LogP contribution < -0.4 is 16.2 Å². The molecule has 0 atom stereocenters. The first-order chi connectivity index (χ1) is 8.29. The number of anilines is 2. The van der Waals surface area contributed by atoms with E-state index in [0.29, 0.717) is 11.9 Å². The highest BCUT2D eigenvalue weighted by molar-refractivity contribution is 5.49. The van der Waals surface area contributed by atoms with Gasteiger partial charge >= 0.3 is 0 Å². The SMILES string of the molecule is CCN(c1cc(NN)nc(C(C)(C)C)n1)C(C)C. The predicted octanol–water partition coefficient (Wildman–Crippen LogP) is 2.29. The molecule has 1 heterocycles. The molecule has 0 aliphatic carbocycles. The maximum atomic E-state index is 5.49. The minimum Gasteiger partial charge on any atom is -0.354 e. The topological polar surface area (TPSA) is 67.1 Å². The van der Waals surface area contributed by atoms with E-state index in [1.807, 2.05) is 6.07 Å². The van der Waals surface area contributed by atoms with Crippen molar-refractivity contribution in [2.45, 2.75) is 53.0 Å². The normalized spacial score (nSPS) is 11.8. The van der Waals surface area contributed by atoms with Crippen molar-refractivity contribution in [3.63, 3.8) is 0 Å². The molecule has 0 amide bonds. The van der Waals surface area contributed by atoms with E-state index in [-0.39, 0.29) is 5.41 Å². The van der Waals surface area contributed by atoms with Crippen LogP contribution in [0, 0.1) is 0 Å². The number of aromatic nitrogens is 2. The summed E-state index contributed by atoms with van der Waals surface area (Å²) in [5, 5.41) is 0. The zero-order valence-corrected chi connectivity index (χ0v) is 12.3. The molecule has 1 aromatic heterocycles. The van der Waals surface area contributed by atoms with Crippen molar-refractivity contribution in [1.82, 2.24) is 9.97 Å². The van der Waals surface area contributed by atoms with Crippen LogP contribution in [-0.4, -0.2) is 22.6 Å². The Morgan fingerprint density at radius 1 is 1.33 bits per heavy atom. The summed E-state index contributed by atoms with van der Waals surface area (Å²) in [7, 11) is 0. The van der Waals surface area contributed by atoms with Gasteiger partial charge in [-0.25, -0.2) is 15.8 Å². The number of nitrogens with two attached hydrogens (primary N) is 1. The first-order valence-corrected chi connectivity index (χ1v) is 6.42. The van der Waals surface area contributed by atoms with E-state index in [0.717, 1.165) is 18.2 Å². The standard InChI is InChI=1S/C13H25N5/c1-7-18(9(2)3)11-8-10(17-14)15-12(16-11)13(4,5)6/h8-9H,7,14H2,1-6H3,(H,15,16,17). The number of nitrogens with one attached hydrogen (secondary N) is 1. The van der Waals surface area contributed by atoms with Crippen molar-refractivity contribution in [3.8, 4) is 0 Å². The van der Waals surface area contributed by atoms with Gasteiger partial charge < -0.3 is 10.3 Å². The molecule has 0 aliphatic rings. The molecule has 0 saturated carbocycles. The highest BCUT2D eigenvalue weighted by Crippen LogP contribution is 2.24. The van der Waals surface area contributed by atoms with Crippen LogP contribution in [0.15, 0.2) is 6.07 Å². The summed E-state index contributed by atoms with van der Waals surface area (Å²) in [5.41, 5.74) is 2.52. The third-order valence-corrected chi connectivity index (χ3v) is 2.79. The van der Waals surface area contributed by atoms with E-state index in [2.05, 4.69) is 61.8 Å². The average Bonchev–Trinajstić information content (AvgIpc) is 2.27. The summed E-state index contributed by atoms with van der Waals surface area (Å²) in [6, 6.07) is 2.28. The molecule has 0 bridgehead atoms. The Bertz CT molecular complexity index is 395. The van der Waals surface area contributed by atoms with Gasteiger partial charge in [0.2, 0.25) is 0 Å². The maximum absolute atomic E-state index is 5.49. The van der Waals surface area contributed by atoms with Gasteiger partial charge in [0.1, 0.15) is 17.5 Å². The van der Waals surface area contributed by atoms with Crippen molar-refractivity contribution >= 4 is 11.6 Å². The highest BCUT2D eigenvalue weighted by Gasteiger charge is 2.21. The summed E-state index contributed by atoms with van der Waals surface area (Å²) in [6.45, 7) is 13.6. The number of rotatable bonds is 4. The van der Waals surface area contributed by atoms with Gasteiger partial charge in [0.05, 0.1) is 0 Å². The molecule has 0 aromatic carbocycles. The number of hydrogen-bond acceptors (Lipinski definition) is 5. The monoisotopic (exact) mass is 251 g/mol. The van der Waals surface area contributed by atoms with Crippen molar-refractivity contribution in [2.24, 2.45) is 5.84 Å². The maximum Gasteiger partial charge on any atom is 0.145 e. The molecule has 1 rings (SSSR count). The van der Waals surface area contributed by atoms with Crippen LogP contribution in [0.2, 0.25) is 0 Å². The van der Waals surface area contributed by atoms with Crippen LogP contribution in [0.3, 0.4) is 0 Å². The van der Waals surface area contributed by atoms with E-state index < -0.39 is 0 Å². The summed E-state index contributed by atoms with van der Waals surface area (Å²) in [6.07, 6.45) is 0. The van der Waals surface area contributed by atoms with Gasteiger partial charge in [-0.3, -0.25) is 0 Å². The number of nitrogen functional groups attached to an aromatic ring is 1. The first-order valence-electron chi connectivity index (χ1n) is 6.42. The van der Waals surface area contributed by atoms with Gasteiger partial charge in [0.25, 0.3) is 0 Å². The van der Waals surface area contributed by atoms with Crippen molar-refractivity contribution in [3.05, 3.63) is 11.9 Å². The van der Waals surface area contributed by atoms with Gasteiger partial charge in [-0.05, 0) is 20.8 Å². The smallest absolute Gasteiger partial charge is 0.145 e. The van der Waals surface area contributed by atoms with Gasteiger partial charge in [-0.2, -0.15) is 0 Å². The Morgan fingerprint density at radius 3 is 2.33 bits per heavy atom. The lowest BCUT2D eigenvalue weighted by atomic mass is 9.96. The van der Waals surface area contributed by atoms with Gasteiger partial charge in [-0.1, -0.05) is 20.8 Å². The second kappa shape index (κ2) is 5.52. The van der Waals surface area contributed by atoms with E-state index in [1.54, 1.807) is 0 Å². The molecule has 1 aromatic rings. The second-order valence-electron chi connectivity index (χ2n) is 5.71. The molecule has 3 N–H and O–H groups in total. The lowest BCUT2D eigenvalue weighted by Crippen LogP contribution is -2.32. The van der Waals surface area contributed by atoms with E-state index in [9.17, 15) is 0 Å². The van der Waals surface area contributed by atoms with E-state index >= 15 is 0 Å². The molecule has 0 spiro atoms. The molecule has 0 fully saturated rings. The third kappa shape index (κ3) is 3.32. The second-order valence-corrected chi connectivity index (χ2v) is 5.71. The minimum atomic E-state index is -0.0992. The molecule has 18 heavy (non-hydrogen) atoms. The summed E-state index contributed by atoms with van der Waals surface area (Å²) >= 11 is 0. The summed E-state index contributed by atoms with van der Waals surface area (Å²) in [5.74, 6) is 7.86. The predicted molar refractivity (Wildman–Crippen MR) is 76.7 cm³/mol. The fourth-order valence-electron chi connectivity index (χ4n) is 1.78. The molecule has 0 aliphatic heterocycles. The zero-order chi connectivity index (χ0) is 13.9.